The van der Waals surface area contributed by atoms with Crippen molar-refractivity contribution in [3.63, 3.8) is 0 Å². The van der Waals surface area contributed by atoms with E-state index in [2.05, 4.69) is 10.3 Å². The number of carbonyl (C=O) groups excluding carboxylic acids is 1. The number of nitrogens with one attached hydrogen (secondary N) is 1. The van der Waals surface area contributed by atoms with E-state index in [9.17, 15) is 9.59 Å². The molecule has 0 saturated carbocycles. The van der Waals surface area contributed by atoms with Gasteiger partial charge in [-0.05, 0) is 31.7 Å². The minimum Gasteiger partial charge on any atom is -0.351 e. The highest BCUT2D eigenvalue weighted by molar-refractivity contribution is 7.99. The summed E-state index contributed by atoms with van der Waals surface area (Å²) in [4.78, 5) is 31.4. The van der Waals surface area contributed by atoms with Gasteiger partial charge in [-0.25, -0.2) is 4.98 Å². The van der Waals surface area contributed by atoms with Crippen LogP contribution in [0.2, 0.25) is 0 Å². The summed E-state index contributed by atoms with van der Waals surface area (Å²) in [7, 11) is 1.71. The number of nitrogens with zero attached hydrogens (tertiary/aromatic N) is 2. The smallest absolute Gasteiger partial charge is 0.263 e. The molecule has 3 aromatic rings. The molecule has 0 aromatic carbocycles. The molecular formula is C18H21N3O2S3. The van der Waals surface area contributed by atoms with Crippen molar-refractivity contribution >= 4 is 50.6 Å². The van der Waals surface area contributed by atoms with E-state index >= 15 is 0 Å². The molecule has 5 nitrogen and oxygen atoms in total. The summed E-state index contributed by atoms with van der Waals surface area (Å²) >= 11 is 4.36. The molecule has 26 heavy (non-hydrogen) atoms. The predicted molar refractivity (Wildman–Crippen MR) is 111 cm³/mol. The lowest BCUT2D eigenvalue weighted by Crippen LogP contribution is -2.43. The number of hydrogen-bond acceptors (Lipinski definition) is 6. The molecule has 0 atom stereocenters. The number of rotatable bonds is 6. The van der Waals surface area contributed by atoms with E-state index in [4.69, 9.17) is 0 Å². The van der Waals surface area contributed by atoms with Gasteiger partial charge < -0.3 is 5.32 Å². The molecule has 8 heteroatoms. The number of aromatic nitrogens is 2. The van der Waals surface area contributed by atoms with Crippen LogP contribution in [0.15, 0.2) is 32.8 Å². The zero-order chi connectivity index (χ0) is 18.9. The minimum atomic E-state index is -0.232. The van der Waals surface area contributed by atoms with E-state index in [1.54, 1.807) is 18.4 Å². The highest BCUT2D eigenvalue weighted by Crippen LogP contribution is 2.34. The Morgan fingerprint density at radius 2 is 2.15 bits per heavy atom. The summed E-state index contributed by atoms with van der Waals surface area (Å²) in [6, 6.07) is 3.98. The van der Waals surface area contributed by atoms with E-state index in [1.807, 2.05) is 43.7 Å². The lowest BCUT2D eigenvalue weighted by molar-refractivity contribution is -0.120. The quantitative estimate of drug-likeness (QED) is 0.493. The van der Waals surface area contributed by atoms with Gasteiger partial charge in [0.05, 0.1) is 11.1 Å². The van der Waals surface area contributed by atoms with Crippen molar-refractivity contribution in [1.29, 1.82) is 0 Å². The van der Waals surface area contributed by atoms with Gasteiger partial charge >= 0.3 is 0 Å². The first-order valence-electron chi connectivity index (χ1n) is 8.28. The van der Waals surface area contributed by atoms with Gasteiger partial charge in [-0.3, -0.25) is 14.2 Å². The summed E-state index contributed by atoms with van der Waals surface area (Å²) in [6.45, 7) is 6.02. The van der Waals surface area contributed by atoms with Gasteiger partial charge in [0.15, 0.2) is 5.16 Å². The van der Waals surface area contributed by atoms with E-state index < -0.39 is 0 Å². The van der Waals surface area contributed by atoms with Gasteiger partial charge in [-0.1, -0.05) is 24.8 Å². The fourth-order valence-corrected chi connectivity index (χ4v) is 5.00. The Kier molecular flexibility index (Phi) is 5.55. The van der Waals surface area contributed by atoms with Crippen LogP contribution in [0, 0.1) is 0 Å². The zero-order valence-electron chi connectivity index (χ0n) is 15.2. The van der Waals surface area contributed by atoms with Crippen molar-refractivity contribution in [3.8, 4) is 10.4 Å². The number of thioether (sulfide) groups is 1. The Bertz CT molecular complexity index is 987. The normalized spacial score (nSPS) is 11.8. The molecule has 0 aliphatic carbocycles. The lowest BCUT2D eigenvalue weighted by atomic mass is 10.0. The molecule has 0 bridgehead atoms. The van der Waals surface area contributed by atoms with Crippen LogP contribution in [0.1, 0.15) is 27.2 Å². The molecular weight excluding hydrogens is 386 g/mol. The minimum absolute atomic E-state index is 0.0540. The second kappa shape index (κ2) is 7.54. The largest absolute Gasteiger partial charge is 0.351 e. The van der Waals surface area contributed by atoms with Gasteiger partial charge in [-0.15, -0.1) is 22.7 Å². The van der Waals surface area contributed by atoms with Crippen molar-refractivity contribution in [3.05, 3.63) is 33.2 Å². The third-order valence-electron chi connectivity index (χ3n) is 4.25. The summed E-state index contributed by atoms with van der Waals surface area (Å²) in [6.07, 6.45) is 0.854. The number of carbonyl (C=O) groups is 1. The van der Waals surface area contributed by atoms with Crippen LogP contribution in [0.3, 0.4) is 0 Å². The van der Waals surface area contributed by atoms with Crippen molar-refractivity contribution in [2.24, 2.45) is 7.05 Å². The maximum absolute atomic E-state index is 12.9. The second-order valence-corrected chi connectivity index (χ2v) is 9.39. The molecule has 3 heterocycles. The van der Waals surface area contributed by atoms with Crippen molar-refractivity contribution in [1.82, 2.24) is 14.9 Å². The first-order valence-corrected chi connectivity index (χ1v) is 11.0. The molecule has 0 saturated heterocycles. The Morgan fingerprint density at radius 3 is 2.81 bits per heavy atom. The van der Waals surface area contributed by atoms with E-state index in [-0.39, 0.29) is 22.8 Å². The Morgan fingerprint density at radius 1 is 1.38 bits per heavy atom. The van der Waals surface area contributed by atoms with Crippen LogP contribution in [0.4, 0.5) is 0 Å². The second-order valence-electron chi connectivity index (χ2n) is 6.64. The molecule has 0 aliphatic heterocycles. The molecule has 0 unspecified atom stereocenters. The van der Waals surface area contributed by atoms with E-state index in [0.717, 1.165) is 16.9 Å². The van der Waals surface area contributed by atoms with Crippen molar-refractivity contribution in [2.75, 3.05) is 5.75 Å². The molecule has 1 N–H and O–H groups in total. The maximum Gasteiger partial charge on any atom is 0.263 e. The van der Waals surface area contributed by atoms with Crippen LogP contribution in [0.25, 0.3) is 20.7 Å². The van der Waals surface area contributed by atoms with E-state index in [0.29, 0.717) is 15.4 Å². The van der Waals surface area contributed by atoms with Gasteiger partial charge in [-0.2, -0.15) is 0 Å². The average Bonchev–Trinajstić information content (AvgIpc) is 3.25. The highest BCUT2D eigenvalue weighted by atomic mass is 32.2. The highest BCUT2D eigenvalue weighted by Gasteiger charge is 2.20. The Labute approximate surface area is 164 Å². The first kappa shape index (κ1) is 19.1. The topological polar surface area (TPSA) is 64.0 Å². The monoisotopic (exact) mass is 407 g/mol. The standard InChI is InChI=1S/C18H21N3O2S3/c1-5-18(2,3)20-13(22)10-26-17-19-15-14(16(23)21(17)4)11(9-25-15)12-7-6-8-24-12/h6-9H,5,10H2,1-4H3,(H,20,22). The zero-order valence-corrected chi connectivity index (χ0v) is 17.6. The Hall–Kier alpha value is -1.64. The van der Waals surface area contributed by atoms with Gasteiger partial charge in [0.2, 0.25) is 5.91 Å². The van der Waals surface area contributed by atoms with Gasteiger partial charge in [0.1, 0.15) is 4.83 Å². The number of thiophene rings is 2. The summed E-state index contributed by atoms with van der Waals surface area (Å²) < 4.78 is 1.54. The van der Waals surface area contributed by atoms with Gasteiger partial charge in [0, 0.05) is 28.4 Å². The molecule has 138 valence electrons. The van der Waals surface area contributed by atoms with Crippen molar-refractivity contribution in [2.45, 2.75) is 37.9 Å². The maximum atomic E-state index is 12.9. The predicted octanol–water partition coefficient (Wildman–Crippen LogP) is 4.12. The molecule has 0 aliphatic rings. The fraction of sp³-hybridized carbons (Fsp3) is 0.389. The van der Waals surface area contributed by atoms with Crippen LogP contribution in [-0.4, -0.2) is 26.8 Å². The van der Waals surface area contributed by atoms with Crippen LogP contribution in [-0.2, 0) is 11.8 Å². The first-order chi connectivity index (χ1) is 12.3. The number of fused-ring (bicyclic) bond motifs is 1. The molecule has 0 fully saturated rings. The van der Waals surface area contributed by atoms with Crippen molar-refractivity contribution < 1.29 is 4.79 Å². The number of amides is 1. The number of hydrogen-bond donors (Lipinski definition) is 1. The molecule has 3 rings (SSSR count). The summed E-state index contributed by atoms with van der Waals surface area (Å²) in [5, 5.41) is 8.19. The average molecular weight is 408 g/mol. The molecule has 1 amide bonds. The third kappa shape index (κ3) is 3.87. The summed E-state index contributed by atoms with van der Waals surface area (Å²) in [5.74, 6) is 0.180. The molecule has 0 spiro atoms. The van der Waals surface area contributed by atoms with Crippen LogP contribution >= 0.6 is 34.4 Å². The molecule has 0 radical (unpaired) electrons. The lowest BCUT2D eigenvalue weighted by Gasteiger charge is -2.24. The SMILES string of the molecule is CCC(C)(C)NC(=O)CSc1nc2scc(-c3cccs3)c2c(=O)n1C. The fourth-order valence-electron chi connectivity index (χ4n) is 2.43. The third-order valence-corrected chi connectivity index (χ3v) is 7.06. The van der Waals surface area contributed by atoms with Gasteiger partial charge in [0.25, 0.3) is 5.56 Å². The molecule has 3 aromatic heterocycles. The van der Waals surface area contributed by atoms with E-state index in [1.165, 1.54) is 27.7 Å². The van der Waals surface area contributed by atoms with Crippen LogP contribution < -0.4 is 10.9 Å². The van der Waals surface area contributed by atoms with Crippen LogP contribution in [0.5, 0.6) is 0 Å². The summed E-state index contributed by atoms with van der Waals surface area (Å²) in [5.41, 5.74) is 0.633. The Balaban J connectivity index is 1.86.